The van der Waals surface area contributed by atoms with Gasteiger partial charge in [0.2, 0.25) is 0 Å². The number of nitrogens with one attached hydrogen (secondary N) is 1. The molecule has 0 unspecified atom stereocenters. The molecule has 0 heterocycles. The van der Waals surface area contributed by atoms with E-state index in [1.807, 2.05) is 30.3 Å². The molecule has 5 nitrogen and oxygen atoms in total. The van der Waals surface area contributed by atoms with Crippen molar-refractivity contribution in [1.82, 2.24) is 5.32 Å². The zero-order valence-electron chi connectivity index (χ0n) is 8.84. The van der Waals surface area contributed by atoms with Gasteiger partial charge in [-0.2, -0.15) is 8.42 Å². The standard InChI is InChI=1S/C8H10N2S.CH3ClO3S/c9-8(11)10-6-7-4-2-1-3-5-7;2-1-6(3,4)5/h1-5H,6H2,(H3,9,10,11);1H2,(H,3,4,5). The van der Waals surface area contributed by atoms with E-state index in [-0.39, 0.29) is 0 Å². The Bertz CT molecular complexity index is 437. The van der Waals surface area contributed by atoms with E-state index in [0.717, 1.165) is 0 Å². The van der Waals surface area contributed by atoms with Gasteiger partial charge in [-0.15, -0.1) is 11.6 Å². The van der Waals surface area contributed by atoms with Gasteiger partial charge in [0, 0.05) is 6.54 Å². The molecule has 1 aromatic carbocycles. The topological polar surface area (TPSA) is 92.4 Å². The van der Waals surface area contributed by atoms with Crippen LogP contribution in [-0.2, 0) is 16.7 Å². The Labute approximate surface area is 111 Å². The molecule has 0 saturated heterocycles. The third-order valence-electron chi connectivity index (χ3n) is 1.45. The summed E-state index contributed by atoms with van der Waals surface area (Å²) in [5.41, 5.74) is 6.44. The van der Waals surface area contributed by atoms with Crippen molar-refractivity contribution in [3.05, 3.63) is 35.9 Å². The molecular weight excluding hydrogens is 284 g/mol. The summed E-state index contributed by atoms with van der Waals surface area (Å²) < 4.78 is 26.5. The predicted molar refractivity (Wildman–Crippen MR) is 72.3 cm³/mol. The molecule has 0 amide bonds. The van der Waals surface area contributed by atoms with Gasteiger partial charge in [0.05, 0.1) is 0 Å². The largest absolute Gasteiger partial charge is 0.376 e. The van der Waals surface area contributed by atoms with Gasteiger partial charge in [-0.25, -0.2) is 0 Å². The summed E-state index contributed by atoms with van der Waals surface area (Å²) >= 11 is 9.30. The first kappa shape index (κ1) is 16.1. The average Bonchev–Trinajstić information content (AvgIpc) is 2.28. The number of hydrogen-bond acceptors (Lipinski definition) is 3. The lowest BCUT2D eigenvalue weighted by Gasteiger charge is -2.02. The first-order valence-electron chi connectivity index (χ1n) is 4.43. The second-order valence-electron chi connectivity index (χ2n) is 2.89. The fourth-order valence-electron chi connectivity index (χ4n) is 0.785. The second-order valence-corrected chi connectivity index (χ2v) is 5.37. The Balaban J connectivity index is 0.000000366. The normalized spacial score (nSPS) is 10.0. The van der Waals surface area contributed by atoms with Crippen LogP contribution in [0.25, 0.3) is 0 Å². The number of alkyl halides is 1. The molecule has 0 bridgehead atoms. The number of thiocarbonyl (C=S) groups is 1. The molecule has 0 fully saturated rings. The van der Waals surface area contributed by atoms with Gasteiger partial charge < -0.3 is 11.1 Å². The highest BCUT2D eigenvalue weighted by Gasteiger charge is 1.95. The molecule has 0 atom stereocenters. The minimum absolute atomic E-state index is 0.342. The van der Waals surface area contributed by atoms with E-state index in [1.165, 1.54) is 5.56 Å². The van der Waals surface area contributed by atoms with Crippen LogP contribution < -0.4 is 11.1 Å². The van der Waals surface area contributed by atoms with Crippen molar-refractivity contribution >= 4 is 39.0 Å². The van der Waals surface area contributed by atoms with Gasteiger partial charge in [0.25, 0.3) is 10.1 Å². The quantitative estimate of drug-likeness (QED) is 0.439. The lowest BCUT2D eigenvalue weighted by Crippen LogP contribution is -2.28. The minimum Gasteiger partial charge on any atom is -0.376 e. The highest BCUT2D eigenvalue weighted by molar-refractivity contribution is 7.87. The first-order valence-corrected chi connectivity index (χ1v) is 6.98. The Morgan fingerprint density at radius 3 is 2.24 bits per heavy atom. The van der Waals surface area contributed by atoms with Crippen molar-refractivity contribution in [2.24, 2.45) is 5.73 Å². The Morgan fingerprint density at radius 1 is 1.41 bits per heavy atom. The summed E-state index contributed by atoms with van der Waals surface area (Å²) in [5.74, 6) is 0. The van der Waals surface area contributed by atoms with Crippen LogP contribution in [0.3, 0.4) is 0 Å². The van der Waals surface area contributed by atoms with Crippen LogP contribution in [0, 0.1) is 0 Å². The van der Waals surface area contributed by atoms with Crippen LogP contribution in [0.1, 0.15) is 5.56 Å². The molecule has 0 radical (unpaired) electrons. The molecule has 96 valence electrons. The fraction of sp³-hybridized carbons (Fsp3) is 0.222. The molecule has 1 aromatic rings. The number of benzene rings is 1. The van der Waals surface area contributed by atoms with Crippen LogP contribution in [-0.4, -0.2) is 23.3 Å². The monoisotopic (exact) mass is 296 g/mol. The van der Waals surface area contributed by atoms with Gasteiger partial charge in [-0.05, 0) is 17.8 Å². The third kappa shape index (κ3) is 11.4. The van der Waals surface area contributed by atoms with Crippen molar-refractivity contribution in [2.75, 3.05) is 5.21 Å². The van der Waals surface area contributed by atoms with Crippen LogP contribution in [0.4, 0.5) is 0 Å². The minimum atomic E-state index is -3.90. The van der Waals surface area contributed by atoms with Gasteiger partial charge in [-0.1, -0.05) is 30.3 Å². The van der Waals surface area contributed by atoms with Crippen molar-refractivity contribution in [3.63, 3.8) is 0 Å². The maximum atomic E-state index is 9.42. The first-order chi connectivity index (χ1) is 7.85. The Kier molecular flexibility index (Phi) is 7.81. The molecule has 1 rings (SSSR count). The molecule has 17 heavy (non-hydrogen) atoms. The summed E-state index contributed by atoms with van der Waals surface area (Å²) in [6.45, 7) is 0.705. The molecule has 0 saturated carbocycles. The maximum absolute atomic E-state index is 9.42. The zero-order chi connectivity index (χ0) is 13.3. The van der Waals surface area contributed by atoms with E-state index < -0.39 is 15.3 Å². The summed E-state index contributed by atoms with van der Waals surface area (Å²) in [6, 6.07) is 9.98. The van der Waals surface area contributed by atoms with E-state index in [1.54, 1.807) is 0 Å². The van der Waals surface area contributed by atoms with E-state index in [0.29, 0.717) is 11.7 Å². The molecule has 0 aliphatic rings. The van der Waals surface area contributed by atoms with Gasteiger partial charge in [0.1, 0.15) is 5.21 Å². The van der Waals surface area contributed by atoms with Crippen LogP contribution in [0.2, 0.25) is 0 Å². The van der Waals surface area contributed by atoms with Crippen molar-refractivity contribution in [1.29, 1.82) is 0 Å². The van der Waals surface area contributed by atoms with E-state index in [4.69, 9.17) is 10.3 Å². The van der Waals surface area contributed by atoms with Crippen LogP contribution in [0.5, 0.6) is 0 Å². The summed E-state index contributed by atoms with van der Waals surface area (Å²) in [5, 5.41) is 2.48. The maximum Gasteiger partial charge on any atom is 0.279 e. The SMILES string of the molecule is NC(=S)NCc1ccccc1.O=S(=O)(O)CCl. The average molecular weight is 297 g/mol. The highest BCUT2D eigenvalue weighted by atomic mass is 35.5. The summed E-state index contributed by atoms with van der Waals surface area (Å²) in [7, 11) is -3.90. The second kappa shape index (κ2) is 8.24. The molecular formula is C9H13ClN2O3S2. The van der Waals surface area contributed by atoms with E-state index in [2.05, 4.69) is 29.1 Å². The molecule has 0 aliphatic carbocycles. The van der Waals surface area contributed by atoms with Gasteiger partial charge in [0.15, 0.2) is 5.11 Å². The van der Waals surface area contributed by atoms with E-state index in [9.17, 15) is 8.42 Å². The van der Waals surface area contributed by atoms with Gasteiger partial charge in [-0.3, -0.25) is 4.55 Å². The number of nitrogens with two attached hydrogens (primary N) is 1. The molecule has 0 aliphatic heterocycles. The zero-order valence-corrected chi connectivity index (χ0v) is 11.2. The number of hydrogen-bond donors (Lipinski definition) is 3. The molecule has 8 heteroatoms. The highest BCUT2D eigenvalue weighted by Crippen LogP contribution is 1.96. The predicted octanol–water partition coefficient (Wildman–Crippen LogP) is 1.09. The lowest BCUT2D eigenvalue weighted by atomic mass is 10.2. The summed E-state index contributed by atoms with van der Waals surface area (Å²) in [4.78, 5) is 0. The lowest BCUT2D eigenvalue weighted by molar-refractivity contribution is 0.488. The molecule has 4 N–H and O–H groups in total. The fourth-order valence-corrected chi connectivity index (χ4v) is 0.857. The Hall–Kier alpha value is -0.890. The van der Waals surface area contributed by atoms with Crippen LogP contribution >= 0.6 is 23.8 Å². The van der Waals surface area contributed by atoms with Crippen molar-refractivity contribution < 1.29 is 13.0 Å². The summed E-state index contributed by atoms with van der Waals surface area (Å²) in [6.07, 6.45) is 0. The molecule has 0 aromatic heterocycles. The molecule has 0 spiro atoms. The number of rotatable bonds is 3. The van der Waals surface area contributed by atoms with Crippen molar-refractivity contribution in [3.8, 4) is 0 Å². The third-order valence-corrected chi connectivity index (χ3v) is 2.69. The smallest absolute Gasteiger partial charge is 0.279 e. The Morgan fingerprint density at radius 2 is 1.88 bits per heavy atom. The number of halogens is 1. The van der Waals surface area contributed by atoms with Gasteiger partial charge >= 0.3 is 0 Å². The van der Waals surface area contributed by atoms with E-state index >= 15 is 0 Å². The van der Waals surface area contributed by atoms with Crippen molar-refractivity contribution in [2.45, 2.75) is 6.54 Å². The van der Waals surface area contributed by atoms with Crippen LogP contribution in [0.15, 0.2) is 30.3 Å².